The lowest BCUT2D eigenvalue weighted by Gasteiger charge is -2.26. The van der Waals surface area contributed by atoms with Gasteiger partial charge in [0, 0.05) is 6.42 Å². The second kappa shape index (κ2) is 6.01. The third kappa shape index (κ3) is 4.35. The summed E-state index contributed by atoms with van der Waals surface area (Å²) < 4.78 is 0. The van der Waals surface area contributed by atoms with Crippen LogP contribution in [0.4, 0.5) is 0 Å². The zero-order valence-corrected chi connectivity index (χ0v) is 7.51. The van der Waals surface area contributed by atoms with Gasteiger partial charge in [-0.25, -0.2) is 0 Å². The van der Waals surface area contributed by atoms with Gasteiger partial charge in [-0.1, -0.05) is 0 Å². The van der Waals surface area contributed by atoms with Crippen molar-refractivity contribution in [1.29, 1.82) is 0 Å². The molecule has 3 heteroatoms. The maximum atomic E-state index is 8.88. The summed E-state index contributed by atoms with van der Waals surface area (Å²) in [6.07, 6.45) is 6.66. The fourth-order valence-electron chi connectivity index (χ4n) is 0.742. The van der Waals surface area contributed by atoms with E-state index in [1.54, 1.807) is 6.92 Å². The molecule has 0 fully saturated rings. The van der Waals surface area contributed by atoms with Crippen LogP contribution in [0.2, 0.25) is 0 Å². The zero-order valence-electron chi connectivity index (χ0n) is 7.51. The first-order chi connectivity index (χ1) is 5.68. The second-order valence-electron chi connectivity index (χ2n) is 3.11. The van der Waals surface area contributed by atoms with E-state index >= 15 is 0 Å². The molecule has 0 rings (SSSR count). The molecule has 0 atom stereocenters. The molecule has 0 unspecified atom stereocenters. The monoisotopic (exact) mass is 171 g/mol. The standard InChI is InChI=1S/C9H17NO2/c1-3-4-5-6-10-9(2,7-11)8-12/h1,10-12H,4-8H2,2H3. The predicted molar refractivity (Wildman–Crippen MR) is 48.6 cm³/mol. The highest BCUT2D eigenvalue weighted by molar-refractivity contribution is 4.85. The summed E-state index contributed by atoms with van der Waals surface area (Å²) in [5.41, 5.74) is -0.575. The van der Waals surface area contributed by atoms with Crippen LogP contribution in [0, 0.1) is 12.3 Å². The highest BCUT2D eigenvalue weighted by atomic mass is 16.3. The van der Waals surface area contributed by atoms with Gasteiger partial charge in [0.2, 0.25) is 0 Å². The molecule has 0 radical (unpaired) electrons. The van der Waals surface area contributed by atoms with Crippen molar-refractivity contribution in [2.75, 3.05) is 19.8 Å². The van der Waals surface area contributed by atoms with Crippen molar-refractivity contribution in [1.82, 2.24) is 5.32 Å². The highest BCUT2D eigenvalue weighted by Crippen LogP contribution is 2.00. The normalized spacial score (nSPS) is 11.2. The lowest BCUT2D eigenvalue weighted by atomic mass is 10.1. The smallest absolute Gasteiger partial charge is 0.0633 e. The van der Waals surface area contributed by atoms with Gasteiger partial charge in [0.25, 0.3) is 0 Å². The summed E-state index contributed by atoms with van der Waals surface area (Å²) in [6.45, 7) is 2.35. The van der Waals surface area contributed by atoms with Crippen LogP contribution >= 0.6 is 0 Å². The van der Waals surface area contributed by atoms with E-state index in [2.05, 4.69) is 11.2 Å². The zero-order chi connectivity index (χ0) is 9.45. The van der Waals surface area contributed by atoms with Gasteiger partial charge in [0.1, 0.15) is 0 Å². The molecule has 0 aromatic heterocycles. The van der Waals surface area contributed by atoms with Crippen molar-refractivity contribution >= 4 is 0 Å². The van der Waals surface area contributed by atoms with Crippen LogP contribution in [0.5, 0.6) is 0 Å². The topological polar surface area (TPSA) is 52.5 Å². The summed E-state index contributed by atoms with van der Waals surface area (Å²) in [7, 11) is 0. The Morgan fingerprint density at radius 2 is 2.00 bits per heavy atom. The van der Waals surface area contributed by atoms with Crippen LogP contribution in [-0.2, 0) is 0 Å². The number of nitrogens with one attached hydrogen (secondary N) is 1. The molecule has 0 saturated heterocycles. The van der Waals surface area contributed by atoms with E-state index in [-0.39, 0.29) is 13.2 Å². The second-order valence-corrected chi connectivity index (χ2v) is 3.11. The van der Waals surface area contributed by atoms with Gasteiger partial charge in [-0.05, 0) is 19.9 Å². The first kappa shape index (κ1) is 11.4. The SMILES string of the molecule is C#CCCCNC(C)(CO)CO. The van der Waals surface area contributed by atoms with Crippen LogP contribution in [0.15, 0.2) is 0 Å². The van der Waals surface area contributed by atoms with Crippen LogP contribution in [0.3, 0.4) is 0 Å². The van der Waals surface area contributed by atoms with Crippen molar-refractivity contribution in [2.24, 2.45) is 0 Å². The molecule has 0 bridgehead atoms. The molecule has 0 amide bonds. The number of aliphatic hydroxyl groups excluding tert-OH is 2. The minimum absolute atomic E-state index is 0.0699. The van der Waals surface area contributed by atoms with Crippen LogP contribution in [-0.4, -0.2) is 35.5 Å². The van der Waals surface area contributed by atoms with Crippen molar-refractivity contribution in [3.8, 4) is 12.3 Å². The minimum Gasteiger partial charge on any atom is -0.394 e. The Hall–Kier alpha value is -0.560. The molecular formula is C9H17NO2. The Labute approximate surface area is 73.8 Å². The third-order valence-corrected chi connectivity index (χ3v) is 1.75. The summed E-state index contributed by atoms with van der Waals surface area (Å²) in [4.78, 5) is 0. The first-order valence-corrected chi connectivity index (χ1v) is 4.09. The highest BCUT2D eigenvalue weighted by Gasteiger charge is 2.20. The molecule has 0 aliphatic heterocycles. The van der Waals surface area contributed by atoms with Crippen LogP contribution in [0.25, 0.3) is 0 Å². The third-order valence-electron chi connectivity index (χ3n) is 1.75. The van der Waals surface area contributed by atoms with Gasteiger partial charge in [0.05, 0.1) is 18.8 Å². The lowest BCUT2D eigenvalue weighted by Crippen LogP contribution is -2.49. The maximum absolute atomic E-state index is 8.88. The van der Waals surface area contributed by atoms with E-state index in [1.165, 1.54) is 0 Å². The van der Waals surface area contributed by atoms with Crippen LogP contribution in [0.1, 0.15) is 19.8 Å². The fourth-order valence-corrected chi connectivity index (χ4v) is 0.742. The number of terminal acetylenes is 1. The largest absolute Gasteiger partial charge is 0.394 e. The van der Waals surface area contributed by atoms with Gasteiger partial charge in [-0.15, -0.1) is 12.3 Å². The van der Waals surface area contributed by atoms with E-state index < -0.39 is 5.54 Å². The Bertz CT molecular complexity index is 147. The summed E-state index contributed by atoms with van der Waals surface area (Å²) >= 11 is 0. The predicted octanol–water partition coefficient (Wildman–Crippen LogP) is -0.267. The maximum Gasteiger partial charge on any atom is 0.0633 e. The van der Waals surface area contributed by atoms with Gasteiger partial charge in [0.15, 0.2) is 0 Å². The van der Waals surface area contributed by atoms with Crippen molar-refractivity contribution in [3.05, 3.63) is 0 Å². The molecule has 0 spiro atoms. The van der Waals surface area contributed by atoms with E-state index in [0.29, 0.717) is 0 Å². The number of unbranched alkanes of at least 4 members (excludes halogenated alkanes) is 1. The number of hydrogen-bond acceptors (Lipinski definition) is 3. The van der Waals surface area contributed by atoms with Gasteiger partial charge >= 0.3 is 0 Å². The Kier molecular flexibility index (Phi) is 5.73. The molecule has 0 aromatic carbocycles. The Balaban J connectivity index is 3.53. The van der Waals surface area contributed by atoms with E-state index in [1.807, 2.05) is 0 Å². The van der Waals surface area contributed by atoms with Gasteiger partial charge in [-0.3, -0.25) is 0 Å². The quantitative estimate of drug-likeness (QED) is 0.381. The van der Waals surface area contributed by atoms with Crippen molar-refractivity contribution in [2.45, 2.75) is 25.3 Å². The summed E-state index contributed by atoms with van der Waals surface area (Å²) in [5, 5.41) is 20.8. The summed E-state index contributed by atoms with van der Waals surface area (Å²) in [5.74, 6) is 2.52. The lowest BCUT2D eigenvalue weighted by molar-refractivity contribution is 0.104. The van der Waals surface area contributed by atoms with Crippen molar-refractivity contribution < 1.29 is 10.2 Å². The average molecular weight is 171 g/mol. The number of rotatable bonds is 6. The average Bonchev–Trinajstić information content (AvgIpc) is 2.12. The Morgan fingerprint density at radius 3 is 2.42 bits per heavy atom. The molecule has 3 nitrogen and oxygen atoms in total. The Morgan fingerprint density at radius 1 is 1.42 bits per heavy atom. The number of hydrogen-bond donors (Lipinski definition) is 3. The molecular weight excluding hydrogens is 154 g/mol. The molecule has 0 heterocycles. The van der Waals surface area contributed by atoms with Crippen LogP contribution < -0.4 is 5.32 Å². The molecule has 3 N–H and O–H groups in total. The van der Waals surface area contributed by atoms with Gasteiger partial charge in [-0.2, -0.15) is 0 Å². The van der Waals surface area contributed by atoms with E-state index in [0.717, 1.165) is 19.4 Å². The molecule has 0 aliphatic carbocycles. The van der Waals surface area contributed by atoms with Crippen molar-refractivity contribution in [3.63, 3.8) is 0 Å². The van der Waals surface area contributed by atoms with E-state index in [9.17, 15) is 0 Å². The number of aliphatic hydroxyl groups is 2. The molecule has 0 aromatic rings. The molecule has 12 heavy (non-hydrogen) atoms. The molecule has 0 saturated carbocycles. The first-order valence-electron chi connectivity index (χ1n) is 4.09. The summed E-state index contributed by atoms with van der Waals surface area (Å²) in [6, 6.07) is 0. The van der Waals surface area contributed by atoms with Gasteiger partial charge < -0.3 is 15.5 Å². The minimum atomic E-state index is -0.575. The van der Waals surface area contributed by atoms with E-state index in [4.69, 9.17) is 16.6 Å². The molecule has 0 aliphatic rings. The molecule has 70 valence electrons. The fraction of sp³-hybridized carbons (Fsp3) is 0.778.